The minimum Gasteiger partial charge on any atom is -0.496 e. The van der Waals surface area contributed by atoms with Gasteiger partial charge in [0.25, 0.3) is 0 Å². The molecule has 1 amide bonds. The zero-order chi connectivity index (χ0) is 26.2. The third-order valence-electron chi connectivity index (χ3n) is 8.47. The Balaban J connectivity index is 1.35. The van der Waals surface area contributed by atoms with Crippen molar-refractivity contribution >= 4 is 5.91 Å². The van der Waals surface area contributed by atoms with Gasteiger partial charge in [-0.05, 0) is 72.1 Å². The summed E-state index contributed by atoms with van der Waals surface area (Å²) in [6.45, 7) is 2.13. The van der Waals surface area contributed by atoms with E-state index >= 15 is 0 Å². The monoisotopic (exact) mass is 512 g/mol. The van der Waals surface area contributed by atoms with Crippen LogP contribution in [-0.2, 0) is 30.7 Å². The van der Waals surface area contributed by atoms with Gasteiger partial charge in [0.1, 0.15) is 5.75 Å². The molecule has 3 aliphatic rings. The number of ether oxygens (including phenoxy) is 3. The van der Waals surface area contributed by atoms with Crippen LogP contribution in [0.25, 0.3) is 0 Å². The second-order valence-electron chi connectivity index (χ2n) is 10.7. The summed E-state index contributed by atoms with van der Waals surface area (Å²) in [5.74, 6) is 3.07. The minimum absolute atomic E-state index is 0.0799. The summed E-state index contributed by atoms with van der Waals surface area (Å²) in [7, 11) is 5.07. The Hall–Kier alpha value is -3.51. The third-order valence-corrected chi connectivity index (χ3v) is 8.47. The molecule has 0 aromatic heterocycles. The maximum atomic E-state index is 14.5. The van der Waals surface area contributed by atoms with Crippen LogP contribution >= 0.6 is 0 Å². The fraction of sp³-hybridized carbons (Fsp3) is 0.406. The summed E-state index contributed by atoms with van der Waals surface area (Å²) >= 11 is 0. The SMILES string of the molecule is COc1ccccc1CN1Cc2ccccc2CC1C(=O)N1CCc2cc(OC)c(OC)cc2[C@@H]1C1CC1. The number of carbonyl (C=O) groups is 1. The summed E-state index contributed by atoms with van der Waals surface area (Å²) in [6, 6.07) is 20.7. The van der Waals surface area contributed by atoms with E-state index in [2.05, 4.69) is 52.3 Å². The Morgan fingerprint density at radius 3 is 2.26 bits per heavy atom. The number of hydrogen-bond acceptors (Lipinski definition) is 5. The molecule has 3 aromatic rings. The maximum Gasteiger partial charge on any atom is 0.240 e. The summed E-state index contributed by atoms with van der Waals surface area (Å²) in [4.78, 5) is 19.1. The van der Waals surface area contributed by atoms with Crippen LogP contribution in [0.2, 0.25) is 0 Å². The van der Waals surface area contributed by atoms with Gasteiger partial charge in [-0.1, -0.05) is 42.5 Å². The average molecular weight is 513 g/mol. The lowest BCUT2D eigenvalue weighted by Gasteiger charge is -2.43. The molecule has 198 valence electrons. The van der Waals surface area contributed by atoms with E-state index in [0.29, 0.717) is 12.5 Å². The van der Waals surface area contributed by atoms with Crippen LogP contribution in [0.5, 0.6) is 17.2 Å². The van der Waals surface area contributed by atoms with Gasteiger partial charge in [0.2, 0.25) is 5.91 Å². The molecule has 0 spiro atoms. The highest BCUT2D eigenvalue weighted by molar-refractivity contribution is 5.83. The molecular weight excluding hydrogens is 476 g/mol. The lowest BCUT2D eigenvalue weighted by atomic mass is 9.87. The molecule has 1 aliphatic carbocycles. The first-order chi connectivity index (χ1) is 18.6. The number of fused-ring (bicyclic) bond motifs is 2. The number of para-hydroxylation sites is 1. The van der Waals surface area contributed by atoms with E-state index < -0.39 is 0 Å². The Morgan fingerprint density at radius 1 is 0.842 bits per heavy atom. The highest BCUT2D eigenvalue weighted by Gasteiger charge is 2.45. The van der Waals surface area contributed by atoms with E-state index in [1.165, 1.54) is 22.3 Å². The zero-order valence-electron chi connectivity index (χ0n) is 22.5. The molecule has 1 unspecified atom stereocenters. The number of rotatable bonds is 7. The topological polar surface area (TPSA) is 51.2 Å². The second kappa shape index (κ2) is 10.3. The van der Waals surface area contributed by atoms with Crippen LogP contribution in [0, 0.1) is 5.92 Å². The van der Waals surface area contributed by atoms with Gasteiger partial charge in [-0.2, -0.15) is 0 Å². The van der Waals surface area contributed by atoms with Gasteiger partial charge in [-0.15, -0.1) is 0 Å². The fourth-order valence-corrected chi connectivity index (χ4v) is 6.37. The first kappa shape index (κ1) is 24.8. The Morgan fingerprint density at radius 2 is 1.53 bits per heavy atom. The van der Waals surface area contributed by atoms with Crippen molar-refractivity contribution in [1.82, 2.24) is 9.80 Å². The number of carbonyl (C=O) groups excluding carboxylic acids is 1. The highest BCUT2D eigenvalue weighted by atomic mass is 16.5. The van der Waals surface area contributed by atoms with Crippen molar-refractivity contribution in [3.8, 4) is 17.2 Å². The second-order valence-corrected chi connectivity index (χ2v) is 10.7. The molecule has 0 radical (unpaired) electrons. The van der Waals surface area contributed by atoms with Crippen molar-refractivity contribution in [3.63, 3.8) is 0 Å². The maximum absolute atomic E-state index is 14.5. The molecule has 0 bridgehead atoms. The van der Waals surface area contributed by atoms with Crippen molar-refractivity contribution in [3.05, 3.63) is 88.5 Å². The van der Waals surface area contributed by atoms with Crippen LogP contribution in [0.4, 0.5) is 0 Å². The smallest absolute Gasteiger partial charge is 0.240 e. The standard InChI is InChI=1S/C32H36N2O4/c1-36-28-11-7-6-10-25(28)20-33-19-24-9-5-4-8-22(24)16-27(33)32(35)34-15-14-23-17-29(37-2)30(38-3)18-26(23)31(34)21-12-13-21/h4-11,17-18,21,27,31H,12-16,19-20H2,1-3H3/t27?,31-/m0/s1. The van der Waals surface area contributed by atoms with Gasteiger partial charge in [0.05, 0.1) is 33.4 Å². The predicted octanol–water partition coefficient (Wildman–Crippen LogP) is 5.18. The van der Waals surface area contributed by atoms with Crippen LogP contribution in [0.1, 0.15) is 46.7 Å². The lowest BCUT2D eigenvalue weighted by Crippen LogP contribution is -2.53. The van der Waals surface area contributed by atoms with Crippen molar-refractivity contribution in [2.45, 2.75) is 50.9 Å². The van der Waals surface area contributed by atoms with Gasteiger partial charge < -0.3 is 19.1 Å². The zero-order valence-corrected chi connectivity index (χ0v) is 22.5. The molecule has 0 saturated heterocycles. The van der Waals surface area contributed by atoms with Gasteiger partial charge >= 0.3 is 0 Å². The first-order valence-corrected chi connectivity index (χ1v) is 13.6. The molecule has 3 aromatic carbocycles. The molecule has 6 nitrogen and oxygen atoms in total. The molecule has 38 heavy (non-hydrogen) atoms. The molecule has 6 heteroatoms. The summed E-state index contributed by atoms with van der Waals surface area (Å²) < 4.78 is 16.9. The van der Waals surface area contributed by atoms with Crippen molar-refractivity contribution < 1.29 is 19.0 Å². The molecule has 6 rings (SSSR count). The highest BCUT2D eigenvalue weighted by Crippen LogP contribution is 2.50. The number of hydrogen-bond donors (Lipinski definition) is 0. The van der Waals surface area contributed by atoms with Crippen LogP contribution in [0.15, 0.2) is 60.7 Å². The molecule has 2 atom stereocenters. The summed E-state index contributed by atoms with van der Waals surface area (Å²) in [6.07, 6.45) is 3.85. The first-order valence-electron chi connectivity index (χ1n) is 13.6. The number of methoxy groups -OCH3 is 3. The Kier molecular flexibility index (Phi) is 6.75. The Labute approximate surface area is 225 Å². The number of benzene rings is 3. The summed E-state index contributed by atoms with van der Waals surface area (Å²) in [5, 5.41) is 0. The van der Waals surface area contributed by atoms with Gasteiger partial charge in [0.15, 0.2) is 11.5 Å². The van der Waals surface area contributed by atoms with Crippen LogP contribution in [-0.4, -0.2) is 49.6 Å². The number of amides is 1. The van der Waals surface area contributed by atoms with Crippen LogP contribution in [0.3, 0.4) is 0 Å². The quantitative estimate of drug-likeness (QED) is 0.437. The largest absolute Gasteiger partial charge is 0.496 e. The molecule has 1 fully saturated rings. The van der Waals surface area contributed by atoms with Crippen molar-refractivity contribution in [2.75, 3.05) is 27.9 Å². The molecule has 2 aliphatic heterocycles. The van der Waals surface area contributed by atoms with Crippen LogP contribution < -0.4 is 14.2 Å². The Bertz CT molecular complexity index is 1330. The third kappa shape index (κ3) is 4.51. The van der Waals surface area contributed by atoms with E-state index in [9.17, 15) is 4.79 Å². The predicted molar refractivity (Wildman–Crippen MR) is 147 cm³/mol. The van der Waals surface area contributed by atoms with E-state index in [4.69, 9.17) is 14.2 Å². The van der Waals surface area contributed by atoms with E-state index in [1.54, 1.807) is 21.3 Å². The molecule has 0 N–H and O–H groups in total. The molecule has 1 saturated carbocycles. The summed E-state index contributed by atoms with van der Waals surface area (Å²) in [5.41, 5.74) is 6.16. The molecule has 2 heterocycles. The van der Waals surface area contributed by atoms with Gasteiger partial charge in [-0.3, -0.25) is 9.69 Å². The van der Waals surface area contributed by atoms with Crippen molar-refractivity contribution in [2.24, 2.45) is 5.92 Å². The van der Waals surface area contributed by atoms with Gasteiger partial charge in [-0.25, -0.2) is 0 Å². The normalized spacial score (nSPS) is 20.9. The lowest BCUT2D eigenvalue weighted by molar-refractivity contribution is -0.141. The van der Waals surface area contributed by atoms with Crippen molar-refractivity contribution in [1.29, 1.82) is 0 Å². The fourth-order valence-electron chi connectivity index (χ4n) is 6.37. The van der Waals surface area contributed by atoms with E-state index in [1.807, 2.05) is 18.2 Å². The van der Waals surface area contributed by atoms with E-state index in [-0.39, 0.29) is 18.0 Å². The average Bonchev–Trinajstić information content (AvgIpc) is 3.80. The van der Waals surface area contributed by atoms with E-state index in [0.717, 1.165) is 61.6 Å². The number of nitrogens with zero attached hydrogens (tertiary/aromatic N) is 2. The molecular formula is C32H36N2O4. The van der Waals surface area contributed by atoms with Gasteiger partial charge in [0, 0.05) is 25.2 Å². The minimum atomic E-state index is -0.224.